The number of hydrogen-bond acceptors (Lipinski definition) is 4. The Morgan fingerprint density at radius 1 is 1.22 bits per heavy atom. The predicted octanol–water partition coefficient (Wildman–Crippen LogP) is 1.38. The van der Waals surface area contributed by atoms with Gasteiger partial charge in [-0.1, -0.05) is 12.1 Å². The molecule has 0 radical (unpaired) electrons. The summed E-state index contributed by atoms with van der Waals surface area (Å²) in [6.07, 6.45) is 0. The van der Waals surface area contributed by atoms with Gasteiger partial charge >= 0.3 is 10.5 Å². The van der Waals surface area contributed by atoms with E-state index in [1.54, 1.807) is 11.3 Å². The summed E-state index contributed by atoms with van der Waals surface area (Å²) in [6.45, 7) is 0. The Morgan fingerprint density at radius 2 is 1.56 bits per heavy atom. The van der Waals surface area contributed by atoms with E-state index < -0.39 is 10.5 Å². The van der Waals surface area contributed by atoms with Crippen LogP contribution in [-0.2, 0) is 10.5 Å². The average molecular weight is 163 g/mol. The Labute approximate surface area is 58.5 Å². The highest BCUT2D eigenvalue weighted by molar-refractivity contribution is 7.60. The molecule has 1 N–H and O–H groups in total. The summed E-state index contributed by atoms with van der Waals surface area (Å²) in [5.74, 6) is 0. The fourth-order valence-electron chi connectivity index (χ4n) is 0.227. The zero-order valence-electron chi connectivity index (χ0n) is 4.44. The second kappa shape index (κ2) is 5.46. The second-order valence-electron chi connectivity index (χ2n) is 1.03. The van der Waals surface area contributed by atoms with Crippen LogP contribution in [0.4, 0.5) is 0 Å². The van der Waals surface area contributed by atoms with Crippen LogP contribution in [0.5, 0.6) is 0 Å². The first kappa shape index (κ1) is 8.32. The molecule has 5 heteroatoms. The van der Waals surface area contributed by atoms with Crippen molar-refractivity contribution >= 4 is 21.8 Å². The molecule has 0 saturated carbocycles. The Kier molecular flexibility index (Phi) is 5.04. The summed E-state index contributed by atoms with van der Waals surface area (Å²) in [7, 11) is -2.61. The van der Waals surface area contributed by atoms with Crippen molar-refractivity contribution in [2.45, 2.75) is 0 Å². The normalized spacial score (nSPS) is 7.11. The van der Waals surface area contributed by atoms with Crippen LogP contribution in [0.25, 0.3) is 0 Å². The highest BCUT2D eigenvalue weighted by Gasteiger charge is 1.58. The van der Waals surface area contributed by atoms with Gasteiger partial charge in [0.25, 0.3) is 0 Å². The lowest BCUT2D eigenvalue weighted by atomic mass is 10.7. The van der Waals surface area contributed by atoms with Crippen LogP contribution in [0.15, 0.2) is 22.9 Å². The molecular formula is C4H5NO2S2. The molecule has 1 aromatic rings. The minimum atomic E-state index is -2.61. The molecule has 50 valence electrons. The van der Waals surface area contributed by atoms with E-state index in [2.05, 4.69) is 0 Å². The van der Waals surface area contributed by atoms with Crippen LogP contribution >= 0.6 is 11.3 Å². The molecule has 9 heavy (non-hydrogen) atoms. The summed E-state index contributed by atoms with van der Waals surface area (Å²) in [5, 5.41) is 4.08. The van der Waals surface area contributed by atoms with E-state index in [-0.39, 0.29) is 0 Å². The summed E-state index contributed by atoms with van der Waals surface area (Å²) < 4.78 is 22.8. The van der Waals surface area contributed by atoms with Gasteiger partial charge < -0.3 is 0 Å². The fraction of sp³-hybridized carbons (Fsp3) is 0. The number of rotatable bonds is 0. The lowest BCUT2D eigenvalue weighted by Crippen LogP contribution is -1.34. The molecule has 0 spiro atoms. The van der Waals surface area contributed by atoms with Gasteiger partial charge in [-0.05, 0) is 10.8 Å². The first-order valence-electron chi connectivity index (χ1n) is 2.01. The molecule has 1 aromatic heterocycles. The lowest BCUT2D eigenvalue weighted by Gasteiger charge is -1.39. The van der Waals surface area contributed by atoms with Crippen molar-refractivity contribution in [2.75, 3.05) is 0 Å². The third-order valence-corrected chi connectivity index (χ3v) is 1.05. The summed E-state index contributed by atoms with van der Waals surface area (Å²) in [6, 6.07) is 4.04. The maximum absolute atomic E-state index is 8.67. The van der Waals surface area contributed by atoms with Gasteiger partial charge in [-0.2, -0.15) is 24.5 Å². The monoisotopic (exact) mass is 163 g/mol. The van der Waals surface area contributed by atoms with Gasteiger partial charge in [-0.3, -0.25) is 0 Å². The van der Waals surface area contributed by atoms with E-state index >= 15 is 0 Å². The first-order valence-corrected chi connectivity index (χ1v) is 4.03. The SMILES string of the molecule is N=S(=O)=O.c1ccsc1. The molecule has 0 aromatic carbocycles. The molecule has 1 rings (SSSR count). The van der Waals surface area contributed by atoms with E-state index in [4.69, 9.17) is 13.2 Å². The number of nitrogens with one attached hydrogen (secondary N) is 1. The van der Waals surface area contributed by atoms with Gasteiger partial charge in [0.15, 0.2) is 0 Å². The lowest BCUT2D eigenvalue weighted by molar-refractivity contribution is 0.620. The maximum Gasteiger partial charge on any atom is 0.308 e. The van der Waals surface area contributed by atoms with E-state index in [1.165, 1.54) is 0 Å². The van der Waals surface area contributed by atoms with Crippen LogP contribution < -0.4 is 0 Å². The standard InChI is InChI=1S/C4H4S.HNO2S/c1-2-4-5-3-1;1-4(2)3/h1-4H;1H. The van der Waals surface area contributed by atoms with E-state index in [0.717, 1.165) is 0 Å². The van der Waals surface area contributed by atoms with Crippen molar-refractivity contribution in [3.8, 4) is 0 Å². The van der Waals surface area contributed by atoms with Gasteiger partial charge in [-0.25, -0.2) is 0 Å². The van der Waals surface area contributed by atoms with Crippen molar-refractivity contribution < 1.29 is 8.42 Å². The molecule has 0 aliphatic rings. The smallest absolute Gasteiger partial charge is 0.188 e. The molecule has 0 aliphatic heterocycles. The van der Waals surface area contributed by atoms with Crippen LogP contribution in [-0.4, -0.2) is 8.42 Å². The molecule has 0 atom stereocenters. The number of thiophene rings is 1. The molecule has 0 amide bonds. The Hall–Kier alpha value is -0.680. The van der Waals surface area contributed by atoms with Crippen molar-refractivity contribution in [3.63, 3.8) is 0 Å². The molecule has 0 bridgehead atoms. The highest BCUT2D eigenvalue weighted by Crippen LogP contribution is 1.91. The molecule has 0 fully saturated rings. The Morgan fingerprint density at radius 3 is 1.67 bits per heavy atom. The van der Waals surface area contributed by atoms with Crippen molar-refractivity contribution in [1.29, 1.82) is 4.78 Å². The third kappa shape index (κ3) is 11.1. The highest BCUT2D eigenvalue weighted by atomic mass is 32.2. The van der Waals surface area contributed by atoms with E-state index in [1.807, 2.05) is 22.9 Å². The van der Waals surface area contributed by atoms with Crippen LogP contribution in [0.1, 0.15) is 0 Å². The molecule has 0 saturated heterocycles. The third-order valence-electron chi connectivity index (χ3n) is 0.425. The van der Waals surface area contributed by atoms with E-state index in [9.17, 15) is 0 Å². The first-order chi connectivity index (χ1) is 4.23. The van der Waals surface area contributed by atoms with Crippen molar-refractivity contribution in [1.82, 2.24) is 0 Å². The minimum absolute atomic E-state index is 1.71. The summed E-state index contributed by atoms with van der Waals surface area (Å²) in [4.78, 5) is 0. The topological polar surface area (TPSA) is 58.0 Å². The molecule has 0 unspecified atom stereocenters. The van der Waals surface area contributed by atoms with Gasteiger partial charge in [0.1, 0.15) is 0 Å². The summed E-state index contributed by atoms with van der Waals surface area (Å²) >= 11 is 1.71. The zero-order valence-corrected chi connectivity index (χ0v) is 6.08. The van der Waals surface area contributed by atoms with Crippen molar-refractivity contribution in [2.24, 2.45) is 0 Å². The van der Waals surface area contributed by atoms with Gasteiger partial charge in [-0.15, -0.1) is 0 Å². The summed E-state index contributed by atoms with van der Waals surface area (Å²) in [5.41, 5.74) is 0. The van der Waals surface area contributed by atoms with Gasteiger partial charge in [0, 0.05) is 0 Å². The van der Waals surface area contributed by atoms with Crippen LogP contribution in [0.2, 0.25) is 0 Å². The molecule has 1 heterocycles. The quantitative estimate of drug-likeness (QED) is 0.628. The molecular weight excluding hydrogens is 158 g/mol. The zero-order chi connectivity index (χ0) is 7.11. The van der Waals surface area contributed by atoms with Gasteiger partial charge in [0.05, 0.1) is 0 Å². The fourth-order valence-corrected chi connectivity index (χ4v) is 0.680. The maximum atomic E-state index is 8.67. The Bertz CT molecular complexity index is 199. The van der Waals surface area contributed by atoms with Crippen LogP contribution in [0.3, 0.4) is 0 Å². The predicted molar refractivity (Wildman–Crippen MR) is 36.0 cm³/mol. The minimum Gasteiger partial charge on any atom is -0.188 e. The Balaban J connectivity index is 0.000000148. The van der Waals surface area contributed by atoms with Crippen LogP contribution in [0, 0.1) is 4.78 Å². The van der Waals surface area contributed by atoms with Gasteiger partial charge in [0.2, 0.25) is 0 Å². The molecule has 0 aliphatic carbocycles. The average Bonchev–Trinajstić information content (AvgIpc) is 2.11. The second-order valence-corrected chi connectivity index (χ2v) is 2.31. The van der Waals surface area contributed by atoms with Crippen molar-refractivity contribution in [3.05, 3.63) is 22.9 Å². The van der Waals surface area contributed by atoms with E-state index in [0.29, 0.717) is 0 Å². The number of hydrogen-bond donors (Lipinski definition) is 1. The largest absolute Gasteiger partial charge is 0.308 e. The molecule has 3 nitrogen and oxygen atoms in total.